The summed E-state index contributed by atoms with van der Waals surface area (Å²) in [6.45, 7) is 6.08. The fraction of sp³-hybridized carbons (Fsp3) is 0.500. The Morgan fingerprint density at radius 1 is 1.26 bits per heavy atom. The number of hydrogen-bond acceptors (Lipinski definition) is 3. The molecule has 1 aromatic carbocycles. The van der Waals surface area contributed by atoms with Crippen molar-refractivity contribution in [3.05, 3.63) is 28.7 Å². The van der Waals surface area contributed by atoms with Crippen molar-refractivity contribution >= 4 is 38.5 Å². The number of rotatable bonds is 1. The Morgan fingerprint density at radius 2 is 1.84 bits per heavy atom. The minimum absolute atomic E-state index is 0.117. The molecule has 1 unspecified atom stereocenters. The summed E-state index contributed by atoms with van der Waals surface area (Å²) >= 11 is 5.06. The zero-order chi connectivity index (χ0) is 14.3. The van der Waals surface area contributed by atoms with Gasteiger partial charge < -0.3 is 5.11 Å². The third kappa shape index (κ3) is 3.15. The lowest BCUT2D eigenvalue weighted by Gasteiger charge is -2.38. The van der Waals surface area contributed by atoms with Gasteiger partial charge in [0.25, 0.3) is 0 Å². The molecule has 2 rings (SSSR count). The highest BCUT2D eigenvalue weighted by atomic mass is 79.9. The second-order valence-electron chi connectivity index (χ2n) is 5.72. The van der Waals surface area contributed by atoms with E-state index in [4.69, 9.17) is 0 Å². The Bertz CT molecular complexity index is 509. The summed E-state index contributed by atoms with van der Waals surface area (Å²) in [4.78, 5) is 0. The van der Waals surface area contributed by atoms with E-state index in [0.29, 0.717) is 6.42 Å². The predicted molar refractivity (Wildman–Crippen MR) is 85.0 cm³/mol. The van der Waals surface area contributed by atoms with Crippen LogP contribution in [0.1, 0.15) is 27.2 Å². The van der Waals surface area contributed by atoms with Crippen molar-refractivity contribution in [3.8, 4) is 0 Å². The molecule has 0 saturated carbocycles. The molecule has 0 aromatic heterocycles. The summed E-state index contributed by atoms with van der Waals surface area (Å²) in [5.41, 5.74) is -0.0326. The Balaban J connectivity index is 2.55. The highest BCUT2D eigenvalue weighted by Crippen LogP contribution is 2.33. The SMILES string of the molecule is CSC1=[N+](c2ccc(Br)cc2)C(C)(O)CC(C)(C)N1. The normalized spacial score (nSPS) is 26.2. The van der Waals surface area contributed by atoms with E-state index in [1.54, 1.807) is 11.8 Å². The average Bonchev–Trinajstić information content (AvgIpc) is 2.27. The molecule has 2 N–H and O–H groups in total. The largest absolute Gasteiger partial charge is 0.353 e. The average molecular weight is 344 g/mol. The molecule has 0 amide bonds. The van der Waals surface area contributed by atoms with Gasteiger partial charge in [-0.2, -0.15) is 4.58 Å². The molecule has 1 aliphatic heterocycles. The maximum Gasteiger partial charge on any atom is 0.313 e. The molecule has 1 aromatic rings. The van der Waals surface area contributed by atoms with Gasteiger partial charge in [-0.15, -0.1) is 0 Å². The van der Waals surface area contributed by atoms with Crippen LogP contribution in [0.25, 0.3) is 0 Å². The van der Waals surface area contributed by atoms with Crippen LogP contribution in [0.15, 0.2) is 28.7 Å². The van der Waals surface area contributed by atoms with E-state index in [0.717, 1.165) is 15.3 Å². The molecule has 19 heavy (non-hydrogen) atoms. The number of aliphatic hydroxyl groups is 1. The number of hydrogen-bond donors (Lipinski definition) is 2. The first kappa shape index (κ1) is 14.9. The first-order valence-corrected chi connectivity index (χ1v) is 8.24. The molecule has 1 atom stereocenters. The fourth-order valence-corrected chi connectivity index (χ4v) is 3.78. The number of benzene rings is 1. The van der Waals surface area contributed by atoms with Crippen LogP contribution in [0, 0.1) is 0 Å². The van der Waals surface area contributed by atoms with Gasteiger partial charge in [-0.3, -0.25) is 5.32 Å². The van der Waals surface area contributed by atoms with Gasteiger partial charge in [0.2, 0.25) is 5.72 Å². The molecule has 0 spiro atoms. The van der Waals surface area contributed by atoms with E-state index >= 15 is 0 Å². The third-order valence-electron chi connectivity index (χ3n) is 3.19. The number of amidine groups is 1. The maximum atomic E-state index is 10.8. The van der Waals surface area contributed by atoms with E-state index in [-0.39, 0.29) is 5.54 Å². The second kappa shape index (κ2) is 5.11. The Labute approximate surface area is 127 Å². The Hall–Kier alpha value is -0.520. The molecule has 1 aliphatic rings. The number of thioether (sulfide) groups is 1. The Morgan fingerprint density at radius 3 is 2.37 bits per heavy atom. The van der Waals surface area contributed by atoms with E-state index < -0.39 is 5.72 Å². The lowest BCUT2D eigenvalue weighted by Crippen LogP contribution is -2.59. The minimum Gasteiger partial charge on any atom is -0.353 e. The molecular formula is C14H20BrN2OS+. The zero-order valence-electron chi connectivity index (χ0n) is 11.7. The van der Waals surface area contributed by atoms with Crippen molar-refractivity contribution in [1.29, 1.82) is 0 Å². The van der Waals surface area contributed by atoms with Crippen molar-refractivity contribution < 1.29 is 9.68 Å². The van der Waals surface area contributed by atoms with Crippen LogP contribution in [0.5, 0.6) is 0 Å². The van der Waals surface area contributed by atoms with Crippen molar-refractivity contribution in [2.75, 3.05) is 6.26 Å². The summed E-state index contributed by atoms with van der Waals surface area (Å²) in [7, 11) is 0. The van der Waals surface area contributed by atoms with Crippen LogP contribution in [0.2, 0.25) is 0 Å². The third-order valence-corrected chi connectivity index (χ3v) is 4.39. The summed E-state index contributed by atoms with van der Waals surface area (Å²) in [5.74, 6) is 0. The maximum absolute atomic E-state index is 10.8. The quantitative estimate of drug-likeness (QED) is 0.768. The van der Waals surface area contributed by atoms with E-state index in [9.17, 15) is 5.11 Å². The minimum atomic E-state index is -0.902. The molecule has 104 valence electrons. The molecule has 3 nitrogen and oxygen atoms in total. The van der Waals surface area contributed by atoms with E-state index in [1.165, 1.54) is 0 Å². The van der Waals surface area contributed by atoms with Gasteiger partial charge >= 0.3 is 5.17 Å². The highest BCUT2D eigenvalue weighted by Gasteiger charge is 2.46. The van der Waals surface area contributed by atoms with Crippen molar-refractivity contribution in [2.45, 2.75) is 38.5 Å². The number of halogens is 1. The van der Waals surface area contributed by atoms with Crippen LogP contribution in [-0.4, -0.2) is 32.4 Å². The Kier molecular flexibility index (Phi) is 4.00. The predicted octanol–water partition coefficient (Wildman–Crippen LogP) is 3.29. The van der Waals surface area contributed by atoms with Crippen molar-refractivity contribution in [1.82, 2.24) is 5.32 Å². The monoisotopic (exact) mass is 343 g/mol. The topological polar surface area (TPSA) is 35.3 Å². The molecule has 0 fully saturated rings. The second-order valence-corrected chi connectivity index (χ2v) is 7.43. The lowest BCUT2D eigenvalue weighted by atomic mass is 9.91. The lowest BCUT2D eigenvalue weighted by molar-refractivity contribution is -0.596. The number of nitrogens with one attached hydrogen (secondary N) is 1. The van der Waals surface area contributed by atoms with Crippen LogP contribution in [0.4, 0.5) is 5.69 Å². The van der Waals surface area contributed by atoms with Crippen LogP contribution in [0.3, 0.4) is 0 Å². The van der Waals surface area contributed by atoms with Gasteiger partial charge in [-0.1, -0.05) is 15.9 Å². The summed E-state index contributed by atoms with van der Waals surface area (Å²) in [6, 6.07) is 8.00. The summed E-state index contributed by atoms with van der Waals surface area (Å²) in [5, 5.41) is 15.3. The highest BCUT2D eigenvalue weighted by molar-refractivity contribution is 9.10. The van der Waals surface area contributed by atoms with Crippen molar-refractivity contribution in [3.63, 3.8) is 0 Å². The first-order chi connectivity index (χ1) is 8.75. The van der Waals surface area contributed by atoms with Crippen molar-refractivity contribution in [2.24, 2.45) is 0 Å². The molecular weight excluding hydrogens is 324 g/mol. The summed E-state index contributed by atoms with van der Waals surface area (Å²) < 4.78 is 3.00. The van der Waals surface area contributed by atoms with Gasteiger partial charge in [0, 0.05) is 11.4 Å². The zero-order valence-corrected chi connectivity index (χ0v) is 14.1. The van der Waals surface area contributed by atoms with Gasteiger partial charge in [0.1, 0.15) is 11.2 Å². The molecule has 0 saturated heterocycles. The van der Waals surface area contributed by atoms with Gasteiger partial charge in [-0.05, 0) is 56.1 Å². The van der Waals surface area contributed by atoms with Crippen LogP contribution < -0.4 is 5.32 Å². The van der Waals surface area contributed by atoms with E-state index in [2.05, 4.69) is 35.1 Å². The fourth-order valence-electron chi connectivity index (χ4n) is 2.65. The molecule has 0 aliphatic carbocycles. The van der Waals surface area contributed by atoms with Crippen LogP contribution >= 0.6 is 27.7 Å². The van der Waals surface area contributed by atoms with Crippen LogP contribution in [-0.2, 0) is 0 Å². The van der Waals surface area contributed by atoms with Gasteiger partial charge in [-0.25, -0.2) is 0 Å². The van der Waals surface area contributed by atoms with Gasteiger partial charge in [0.15, 0.2) is 0 Å². The van der Waals surface area contributed by atoms with E-state index in [1.807, 2.05) is 42.0 Å². The smallest absolute Gasteiger partial charge is 0.313 e. The summed E-state index contributed by atoms with van der Waals surface area (Å²) in [6.07, 6.45) is 2.67. The molecule has 5 heteroatoms. The molecule has 0 radical (unpaired) electrons. The first-order valence-electron chi connectivity index (χ1n) is 6.22. The standard InChI is InChI=1S/C14H19BrN2OS/c1-13(2)9-14(3,18)17(12(16-13)19-4)11-7-5-10(15)6-8-11/h5-8,18H,9H2,1-4H3/p+1. The number of nitrogens with zero attached hydrogens (tertiary/aromatic N) is 1. The van der Waals surface area contributed by atoms with Gasteiger partial charge in [0.05, 0.1) is 6.42 Å². The molecule has 1 heterocycles. The molecule has 0 bridgehead atoms.